The number of pyridine rings is 1. The zero-order valence-electron chi connectivity index (χ0n) is 15.3. The van der Waals surface area contributed by atoms with Gasteiger partial charge in [0.05, 0.1) is 11.6 Å². The highest BCUT2D eigenvalue weighted by molar-refractivity contribution is 6.06. The number of amides is 1. The maximum absolute atomic E-state index is 13.4. The number of carbonyl (C=O) groups excluding carboxylic acids is 2. The van der Waals surface area contributed by atoms with Gasteiger partial charge in [-0.1, -0.05) is 55.5 Å². The van der Waals surface area contributed by atoms with E-state index in [9.17, 15) is 9.59 Å². The Morgan fingerprint density at radius 3 is 2.19 bits per heavy atom. The molecule has 1 unspecified atom stereocenters. The standard InChI is InChI=1S/C23H22N2O2/c1-2-21(26)16-22(18-10-5-3-6-11-18)25(20-13-7-4-8-14-20)23(27)19-12-9-15-24-17-19/h3-15,17,22H,2,16H2,1H3. The maximum Gasteiger partial charge on any atom is 0.260 e. The van der Waals surface area contributed by atoms with Gasteiger partial charge in [0.1, 0.15) is 5.78 Å². The van der Waals surface area contributed by atoms with E-state index in [4.69, 9.17) is 0 Å². The summed E-state index contributed by atoms with van der Waals surface area (Å²) in [5.41, 5.74) is 2.18. The molecule has 4 nitrogen and oxygen atoms in total. The summed E-state index contributed by atoms with van der Waals surface area (Å²) in [6, 6.07) is 22.3. The Hall–Kier alpha value is -3.27. The number of ketones is 1. The highest BCUT2D eigenvalue weighted by atomic mass is 16.2. The molecule has 0 saturated carbocycles. The predicted molar refractivity (Wildman–Crippen MR) is 107 cm³/mol. The molecule has 0 spiro atoms. The molecule has 1 atom stereocenters. The molecule has 0 N–H and O–H groups in total. The van der Waals surface area contributed by atoms with Gasteiger partial charge in [0, 0.05) is 30.9 Å². The summed E-state index contributed by atoms with van der Waals surface area (Å²) in [5.74, 6) is -0.0594. The number of carbonyl (C=O) groups is 2. The fourth-order valence-corrected chi connectivity index (χ4v) is 3.05. The van der Waals surface area contributed by atoms with Crippen LogP contribution in [0.4, 0.5) is 5.69 Å². The van der Waals surface area contributed by atoms with E-state index in [1.54, 1.807) is 29.4 Å². The van der Waals surface area contributed by atoms with E-state index < -0.39 is 0 Å². The lowest BCUT2D eigenvalue weighted by Crippen LogP contribution is -2.36. The smallest absolute Gasteiger partial charge is 0.260 e. The molecule has 3 aromatic rings. The van der Waals surface area contributed by atoms with Crippen LogP contribution in [0.25, 0.3) is 0 Å². The Balaban J connectivity index is 2.10. The van der Waals surface area contributed by atoms with Crippen molar-refractivity contribution in [2.75, 3.05) is 4.90 Å². The van der Waals surface area contributed by atoms with Crippen molar-refractivity contribution in [3.63, 3.8) is 0 Å². The van der Waals surface area contributed by atoms with Gasteiger partial charge in [-0.3, -0.25) is 14.6 Å². The number of hydrogen-bond donors (Lipinski definition) is 0. The normalized spacial score (nSPS) is 11.6. The van der Waals surface area contributed by atoms with Crippen molar-refractivity contribution in [3.8, 4) is 0 Å². The largest absolute Gasteiger partial charge is 0.300 e. The molecule has 0 bridgehead atoms. The molecule has 0 radical (unpaired) electrons. The lowest BCUT2D eigenvalue weighted by molar-refractivity contribution is -0.119. The van der Waals surface area contributed by atoms with Crippen LogP contribution in [-0.2, 0) is 4.79 Å². The van der Waals surface area contributed by atoms with Crippen molar-refractivity contribution in [2.24, 2.45) is 0 Å². The lowest BCUT2D eigenvalue weighted by Gasteiger charge is -2.32. The molecule has 0 aliphatic carbocycles. The molecule has 1 heterocycles. The van der Waals surface area contributed by atoms with Gasteiger partial charge >= 0.3 is 0 Å². The molecule has 3 rings (SSSR count). The highest BCUT2D eigenvalue weighted by Gasteiger charge is 2.29. The Bertz CT molecular complexity index is 880. The van der Waals surface area contributed by atoms with E-state index in [1.165, 1.54) is 0 Å². The molecule has 0 aliphatic heterocycles. The van der Waals surface area contributed by atoms with E-state index in [1.807, 2.05) is 67.6 Å². The van der Waals surface area contributed by atoms with Crippen molar-refractivity contribution < 1.29 is 9.59 Å². The van der Waals surface area contributed by atoms with Crippen LogP contribution in [0.15, 0.2) is 85.2 Å². The zero-order chi connectivity index (χ0) is 19.1. The van der Waals surface area contributed by atoms with E-state index in [0.29, 0.717) is 12.0 Å². The Morgan fingerprint density at radius 2 is 1.59 bits per heavy atom. The Morgan fingerprint density at radius 1 is 0.926 bits per heavy atom. The van der Waals surface area contributed by atoms with Gasteiger partial charge in [-0.25, -0.2) is 0 Å². The molecular weight excluding hydrogens is 336 g/mol. The van der Waals surface area contributed by atoms with Crippen LogP contribution in [0.2, 0.25) is 0 Å². The fraction of sp³-hybridized carbons (Fsp3) is 0.174. The molecule has 27 heavy (non-hydrogen) atoms. The number of nitrogens with zero attached hydrogens (tertiary/aromatic N) is 2. The van der Waals surface area contributed by atoms with Gasteiger partial charge in [-0.05, 0) is 29.8 Å². The highest BCUT2D eigenvalue weighted by Crippen LogP contribution is 2.32. The molecule has 1 aromatic heterocycles. The first-order chi connectivity index (χ1) is 13.2. The summed E-state index contributed by atoms with van der Waals surface area (Å²) in [7, 11) is 0. The monoisotopic (exact) mass is 358 g/mol. The number of aromatic nitrogens is 1. The second-order valence-electron chi connectivity index (χ2n) is 6.28. The fourth-order valence-electron chi connectivity index (χ4n) is 3.05. The molecule has 2 aromatic carbocycles. The first kappa shape index (κ1) is 18.5. The van der Waals surface area contributed by atoms with Crippen LogP contribution in [0.5, 0.6) is 0 Å². The third-order valence-electron chi connectivity index (χ3n) is 4.47. The predicted octanol–water partition coefficient (Wildman–Crippen LogP) is 4.84. The molecule has 4 heteroatoms. The second-order valence-corrected chi connectivity index (χ2v) is 6.28. The Kier molecular flexibility index (Phi) is 6.10. The number of rotatable bonds is 7. The minimum absolute atomic E-state index is 0.115. The number of hydrogen-bond acceptors (Lipinski definition) is 3. The van der Waals surface area contributed by atoms with E-state index in [0.717, 1.165) is 11.3 Å². The van der Waals surface area contributed by atoms with Gasteiger partial charge < -0.3 is 4.90 Å². The van der Waals surface area contributed by atoms with Crippen LogP contribution in [0.3, 0.4) is 0 Å². The summed E-state index contributed by atoms with van der Waals surface area (Å²) in [6.45, 7) is 1.85. The van der Waals surface area contributed by atoms with E-state index in [-0.39, 0.29) is 24.2 Å². The minimum Gasteiger partial charge on any atom is -0.300 e. The van der Waals surface area contributed by atoms with Gasteiger partial charge in [0.2, 0.25) is 0 Å². The third-order valence-corrected chi connectivity index (χ3v) is 4.47. The summed E-state index contributed by atoms with van der Waals surface area (Å²) < 4.78 is 0. The Labute approximate surface area is 159 Å². The molecular formula is C23H22N2O2. The van der Waals surface area contributed by atoms with Gasteiger partial charge in [-0.15, -0.1) is 0 Å². The maximum atomic E-state index is 13.4. The minimum atomic E-state index is -0.381. The van der Waals surface area contributed by atoms with Crippen LogP contribution in [0.1, 0.15) is 41.7 Å². The molecule has 0 saturated heterocycles. The van der Waals surface area contributed by atoms with Gasteiger partial charge in [0.25, 0.3) is 5.91 Å². The second kappa shape index (κ2) is 8.90. The van der Waals surface area contributed by atoms with Crippen molar-refractivity contribution in [1.29, 1.82) is 0 Å². The average Bonchev–Trinajstić information content (AvgIpc) is 2.75. The van der Waals surface area contributed by atoms with E-state index >= 15 is 0 Å². The van der Waals surface area contributed by atoms with Crippen LogP contribution in [0, 0.1) is 0 Å². The first-order valence-corrected chi connectivity index (χ1v) is 9.06. The quantitative estimate of drug-likeness (QED) is 0.607. The van der Waals surface area contributed by atoms with E-state index in [2.05, 4.69) is 4.98 Å². The molecule has 136 valence electrons. The van der Waals surface area contributed by atoms with Gasteiger partial charge in [-0.2, -0.15) is 0 Å². The van der Waals surface area contributed by atoms with Crippen molar-refractivity contribution in [2.45, 2.75) is 25.8 Å². The van der Waals surface area contributed by atoms with Crippen molar-refractivity contribution in [3.05, 3.63) is 96.3 Å². The molecule has 1 amide bonds. The topological polar surface area (TPSA) is 50.3 Å². The summed E-state index contributed by atoms with van der Waals surface area (Å²) in [5, 5.41) is 0. The zero-order valence-corrected chi connectivity index (χ0v) is 15.3. The number of anilines is 1. The number of Topliss-reactive ketones (excluding diaryl/α,β-unsaturated/α-hetero) is 1. The first-order valence-electron chi connectivity index (χ1n) is 9.06. The van der Waals surface area contributed by atoms with Gasteiger partial charge in [0.15, 0.2) is 0 Å². The number of benzene rings is 2. The third kappa shape index (κ3) is 4.47. The summed E-state index contributed by atoms with van der Waals surface area (Å²) >= 11 is 0. The van der Waals surface area contributed by atoms with Crippen LogP contribution >= 0.6 is 0 Å². The van der Waals surface area contributed by atoms with Crippen molar-refractivity contribution in [1.82, 2.24) is 4.98 Å². The molecule has 0 fully saturated rings. The van der Waals surface area contributed by atoms with Crippen molar-refractivity contribution >= 4 is 17.4 Å². The SMILES string of the molecule is CCC(=O)CC(c1ccccc1)N(C(=O)c1cccnc1)c1ccccc1. The average molecular weight is 358 g/mol. The van der Waals surface area contributed by atoms with Crippen LogP contribution in [-0.4, -0.2) is 16.7 Å². The lowest BCUT2D eigenvalue weighted by atomic mass is 9.97. The molecule has 0 aliphatic rings. The van der Waals surface area contributed by atoms with Crippen LogP contribution < -0.4 is 4.90 Å². The summed E-state index contributed by atoms with van der Waals surface area (Å²) in [4.78, 5) is 31.5. The number of para-hydroxylation sites is 1. The summed E-state index contributed by atoms with van der Waals surface area (Å²) in [6.07, 6.45) is 3.90.